The maximum absolute atomic E-state index is 13.7. The van der Waals surface area contributed by atoms with Crippen molar-refractivity contribution in [3.05, 3.63) is 88.7 Å². The maximum Gasteiger partial charge on any atom is 0.433 e. The monoisotopic (exact) mass is 538 g/mol. The molecule has 2 aromatic carbocycles. The second-order valence-electron chi connectivity index (χ2n) is 9.58. The van der Waals surface area contributed by atoms with Crippen molar-refractivity contribution < 1.29 is 31.5 Å². The number of nitrogens with zero attached hydrogens (tertiary/aromatic N) is 2. The van der Waals surface area contributed by atoms with Gasteiger partial charge in [0, 0.05) is 27.7 Å². The van der Waals surface area contributed by atoms with Gasteiger partial charge in [0.05, 0.1) is 6.04 Å². The first-order valence-electron chi connectivity index (χ1n) is 11.5. The van der Waals surface area contributed by atoms with Crippen LogP contribution in [0.4, 0.5) is 27.6 Å². The fourth-order valence-electron chi connectivity index (χ4n) is 4.78. The van der Waals surface area contributed by atoms with Crippen LogP contribution >= 0.6 is 11.6 Å². The summed E-state index contributed by atoms with van der Waals surface area (Å²) in [6.07, 6.45) is -4.03. The molecule has 0 aliphatic carbocycles. The number of halogens is 6. The normalized spacial score (nSPS) is 18.5. The molecule has 3 aromatic rings. The first-order valence-corrected chi connectivity index (χ1v) is 11.9. The van der Waals surface area contributed by atoms with E-state index in [1.807, 2.05) is 0 Å². The minimum atomic E-state index is -4.59. The summed E-state index contributed by atoms with van der Waals surface area (Å²) in [7, 11) is 0. The van der Waals surface area contributed by atoms with Gasteiger partial charge in [0.15, 0.2) is 0 Å². The maximum atomic E-state index is 13.7. The van der Waals surface area contributed by atoms with Crippen LogP contribution in [0.15, 0.2) is 66.7 Å². The molecule has 2 heterocycles. The fraction of sp³-hybridized carbons (Fsp3) is 0.333. The van der Waals surface area contributed by atoms with Gasteiger partial charge >= 0.3 is 12.8 Å². The molecule has 1 fully saturated rings. The third-order valence-electron chi connectivity index (χ3n) is 6.47. The van der Waals surface area contributed by atoms with Gasteiger partial charge in [-0.25, -0.2) is 4.98 Å². The Kier molecular flexibility index (Phi) is 7.46. The number of pyridine rings is 1. The van der Waals surface area contributed by atoms with Crippen LogP contribution in [-0.2, 0) is 16.4 Å². The number of amides is 1. The molecule has 196 valence electrons. The first kappa shape index (κ1) is 26.9. The molecule has 1 amide bonds. The van der Waals surface area contributed by atoms with Crippen molar-refractivity contribution in [1.82, 2.24) is 4.98 Å². The largest absolute Gasteiger partial charge is 0.435 e. The zero-order valence-electron chi connectivity index (χ0n) is 20.0. The van der Waals surface area contributed by atoms with Gasteiger partial charge in [-0.2, -0.15) is 22.0 Å². The van der Waals surface area contributed by atoms with Crippen LogP contribution in [0.2, 0.25) is 5.02 Å². The molecule has 1 aliphatic rings. The van der Waals surface area contributed by atoms with Gasteiger partial charge in [0.1, 0.15) is 11.4 Å². The van der Waals surface area contributed by atoms with E-state index < -0.39 is 35.9 Å². The molecular formula is C27H24ClF5N2O2. The van der Waals surface area contributed by atoms with Gasteiger partial charge < -0.3 is 9.64 Å². The van der Waals surface area contributed by atoms with Gasteiger partial charge in [-0.1, -0.05) is 43.6 Å². The topological polar surface area (TPSA) is 42.4 Å². The van der Waals surface area contributed by atoms with Crippen molar-refractivity contribution in [2.24, 2.45) is 5.92 Å². The first-order chi connectivity index (χ1) is 17.3. The summed E-state index contributed by atoms with van der Waals surface area (Å²) in [4.78, 5) is 19.1. The number of aromatic nitrogens is 1. The molecule has 0 radical (unpaired) electrons. The summed E-state index contributed by atoms with van der Waals surface area (Å²) in [6, 6.07) is 16.1. The number of benzene rings is 2. The van der Waals surface area contributed by atoms with E-state index in [0.717, 1.165) is 6.07 Å². The molecule has 2 atom stereocenters. The lowest BCUT2D eigenvalue weighted by molar-refractivity contribution is -0.141. The number of ether oxygens (including phenoxy) is 1. The quantitative estimate of drug-likeness (QED) is 0.288. The molecular weight excluding hydrogens is 515 g/mol. The van der Waals surface area contributed by atoms with Crippen molar-refractivity contribution in [3.8, 4) is 5.75 Å². The Morgan fingerprint density at radius 1 is 1.03 bits per heavy atom. The Bertz CT molecular complexity index is 1260. The second kappa shape index (κ2) is 10.3. The minimum absolute atomic E-state index is 0.0343. The van der Waals surface area contributed by atoms with Gasteiger partial charge in [-0.15, -0.1) is 0 Å². The van der Waals surface area contributed by atoms with Gasteiger partial charge in [0.2, 0.25) is 5.91 Å². The van der Waals surface area contributed by atoms with E-state index >= 15 is 0 Å². The van der Waals surface area contributed by atoms with Crippen LogP contribution < -0.4 is 9.64 Å². The summed E-state index contributed by atoms with van der Waals surface area (Å²) in [6.45, 7) is 0.501. The number of carbonyl (C=O) groups is 1. The predicted molar refractivity (Wildman–Crippen MR) is 130 cm³/mol. The lowest BCUT2D eigenvalue weighted by Crippen LogP contribution is -2.32. The van der Waals surface area contributed by atoms with E-state index in [2.05, 4.69) is 9.72 Å². The summed E-state index contributed by atoms with van der Waals surface area (Å²) in [5.74, 6) is -0.827. The van der Waals surface area contributed by atoms with Crippen molar-refractivity contribution in [2.45, 2.75) is 50.9 Å². The smallest absolute Gasteiger partial charge is 0.433 e. The average molecular weight is 539 g/mol. The summed E-state index contributed by atoms with van der Waals surface area (Å²) < 4.78 is 69.9. The van der Waals surface area contributed by atoms with Crippen molar-refractivity contribution in [3.63, 3.8) is 0 Å². The summed E-state index contributed by atoms with van der Waals surface area (Å²) in [5, 5.41) is 0.479. The molecule has 4 rings (SSSR count). The highest BCUT2D eigenvalue weighted by Crippen LogP contribution is 2.45. The molecule has 37 heavy (non-hydrogen) atoms. The van der Waals surface area contributed by atoms with E-state index in [1.54, 1.807) is 55.1 Å². The van der Waals surface area contributed by atoms with E-state index in [9.17, 15) is 26.7 Å². The van der Waals surface area contributed by atoms with E-state index in [4.69, 9.17) is 11.6 Å². The van der Waals surface area contributed by atoms with E-state index in [-0.39, 0.29) is 23.8 Å². The highest BCUT2D eigenvalue weighted by molar-refractivity contribution is 6.30. The Balaban J connectivity index is 1.68. The third kappa shape index (κ3) is 6.04. The number of hydrogen-bond donors (Lipinski definition) is 0. The van der Waals surface area contributed by atoms with Gasteiger partial charge in [0.25, 0.3) is 0 Å². The number of alkyl halides is 5. The summed E-state index contributed by atoms with van der Waals surface area (Å²) in [5.41, 5.74) is -0.463. The highest BCUT2D eigenvalue weighted by Gasteiger charge is 2.44. The van der Waals surface area contributed by atoms with Crippen molar-refractivity contribution in [1.29, 1.82) is 0 Å². The highest BCUT2D eigenvalue weighted by atomic mass is 35.5. The lowest BCUT2D eigenvalue weighted by Gasteiger charge is -2.27. The Morgan fingerprint density at radius 2 is 1.68 bits per heavy atom. The van der Waals surface area contributed by atoms with E-state index in [0.29, 0.717) is 22.7 Å². The molecule has 0 saturated carbocycles. The minimum Gasteiger partial charge on any atom is -0.435 e. The van der Waals surface area contributed by atoms with Crippen LogP contribution in [-0.4, -0.2) is 17.5 Å². The number of carbonyl (C=O) groups excluding carboxylic acids is 1. The van der Waals surface area contributed by atoms with E-state index in [1.165, 1.54) is 24.3 Å². The number of rotatable bonds is 7. The molecule has 0 spiro atoms. The van der Waals surface area contributed by atoms with Gasteiger partial charge in [-0.3, -0.25) is 4.79 Å². The van der Waals surface area contributed by atoms with Crippen molar-refractivity contribution in [2.75, 3.05) is 4.90 Å². The third-order valence-corrected chi connectivity index (χ3v) is 6.72. The molecule has 4 nitrogen and oxygen atoms in total. The van der Waals surface area contributed by atoms with Crippen LogP contribution in [0.3, 0.4) is 0 Å². The molecule has 10 heteroatoms. The molecule has 1 aliphatic heterocycles. The standard InChI is InChI=1S/C27H24ClF5N2O2/c1-26(2,22-7-4-8-23(34-22)27(31,32)33)15-17-14-21(16-5-3-6-20(13-16)37-25(29)30)35(24(17)36)19-11-9-18(28)10-12-19/h3-13,17,21,25H,14-15H2,1-2H3/t17-,21+/m0/s1. The second-order valence-corrected chi connectivity index (χ2v) is 10.0. The summed E-state index contributed by atoms with van der Waals surface area (Å²) >= 11 is 6.03. The Labute approximate surface area is 216 Å². The van der Waals surface area contributed by atoms with Crippen LogP contribution in [0.1, 0.15) is 49.7 Å². The molecule has 1 saturated heterocycles. The molecule has 0 bridgehead atoms. The Morgan fingerprint density at radius 3 is 2.32 bits per heavy atom. The van der Waals surface area contributed by atoms with Crippen molar-refractivity contribution >= 4 is 23.2 Å². The van der Waals surface area contributed by atoms with Crippen LogP contribution in [0, 0.1) is 5.92 Å². The van der Waals surface area contributed by atoms with Crippen LogP contribution in [0.5, 0.6) is 5.75 Å². The fourth-order valence-corrected chi connectivity index (χ4v) is 4.90. The van der Waals surface area contributed by atoms with Crippen LogP contribution in [0.25, 0.3) is 0 Å². The molecule has 0 N–H and O–H groups in total. The average Bonchev–Trinajstić information content (AvgIpc) is 3.14. The Hall–Kier alpha value is -3.20. The predicted octanol–water partition coefficient (Wildman–Crippen LogP) is 7.82. The zero-order chi connectivity index (χ0) is 27.0. The number of anilines is 1. The zero-order valence-corrected chi connectivity index (χ0v) is 20.7. The molecule has 1 aromatic heterocycles. The lowest BCUT2D eigenvalue weighted by atomic mass is 9.78. The van der Waals surface area contributed by atoms with Gasteiger partial charge in [-0.05, 0) is 66.9 Å². The SMILES string of the molecule is CC(C)(C[C@@H]1C[C@H](c2cccc(OC(F)F)c2)N(c2ccc(Cl)cc2)C1=O)c1cccc(C(F)(F)F)n1. The molecule has 0 unspecified atom stereocenters. The number of hydrogen-bond acceptors (Lipinski definition) is 3.